The number of aliphatic hydroxyl groups excluding tert-OH is 1. The molecule has 4 aliphatic rings. The number of hydrogen-bond donors (Lipinski definition) is 8. The maximum atomic E-state index is 14.2. The lowest BCUT2D eigenvalue weighted by molar-refractivity contribution is -0.128. The van der Waals surface area contributed by atoms with E-state index in [4.69, 9.17) is 24.7 Å². The van der Waals surface area contributed by atoms with E-state index in [0.29, 0.717) is 83.9 Å². The smallest absolute Gasteiger partial charge is 0.260 e. The van der Waals surface area contributed by atoms with E-state index in [-0.39, 0.29) is 82.9 Å². The number of rotatable bonds is 24. The van der Waals surface area contributed by atoms with Crippen molar-refractivity contribution in [2.24, 2.45) is 5.73 Å². The predicted octanol–water partition coefficient (Wildman–Crippen LogP) is 6.06. The zero-order chi connectivity index (χ0) is 58.2. The van der Waals surface area contributed by atoms with Crippen molar-refractivity contribution in [2.75, 3.05) is 66.1 Å². The molecule has 0 radical (unpaired) electrons. The third-order valence-electron chi connectivity index (χ3n) is 14.4. The second kappa shape index (κ2) is 25.8. The standard InChI is InChI=1S/C59H67N9O12S2/c1-33(14-15-51(60)69)81-82-59(2,3)17-16-52(70)62-28-53(71)63-29-54(72)64-30-55(73)65-38-19-34(31-79-49-25-42-40(23-47(49)77-4)57(75)67-39(27-61-42)21-36-10-6-8-12-44(36)67)18-35(20-38)32-80-50-26-43-41(24-48(50)78-5)58(76)68-45-13-9-7-11-37(45)22-46(68)56(74)66-43/h6-13,18-20,23-26,33,39,46,56,61,66,74H,14-17,21-22,27-32H2,1-5H3,(H2,60,69)(H,62,70)(H,63,71)(H,64,72)(H,65,73)/t33?,39?,46?,56-/m1/s1. The summed E-state index contributed by atoms with van der Waals surface area (Å²) in [5, 5.41) is 28.5. The predicted molar refractivity (Wildman–Crippen MR) is 315 cm³/mol. The lowest BCUT2D eigenvalue weighted by Gasteiger charge is -2.26. The van der Waals surface area contributed by atoms with Crippen LogP contribution in [0.1, 0.15) is 89.4 Å². The summed E-state index contributed by atoms with van der Waals surface area (Å²) in [6.45, 7) is 5.19. The number of nitrogens with zero attached hydrogens (tertiary/aromatic N) is 2. The molecule has 9 N–H and O–H groups in total. The number of carbonyl (C=O) groups is 7. The maximum Gasteiger partial charge on any atom is 0.260 e. The van der Waals surface area contributed by atoms with E-state index >= 15 is 0 Å². The molecule has 21 nitrogen and oxygen atoms in total. The van der Waals surface area contributed by atoms with Crippen molar-refractivity contribution in [3.8, 4) is 23.0 Å². The van der Waals surface area contributed by atoms with E-state index in [1.54, 1.807) is 62.9 Å². The number of carbonyl (C=O) groups excluding carboxylic acids is 7. The van der Waals surface area contributed by atoms with E-state index in [2.05, 4.69) is 31.9 Å². The van der Waals surface area contributed by atoms with Crippen LogP contribution in [0.2, 0.25) is 0 Å². The van der Waals surface area contributed by atoms with Gasteiger partial charge in [0.05, 0.1) is 68.4 Å². The Balaban J connectivity index is 0.848. The number of nitrogens with one attached hydrogen (secondary N) is 6. The summed E-state index contributed by atoms with van der Waals surface area (Å²) in [5.41, 5.74) is 12.1. The van der Waals surface area contributed by atoms with Gasteiger partial charge >= 0.3 is 0 Å². The average Bonchev–Trinajstić information content (AvgIpc) is 4.22. The number of aliphatic hydroxyl groups is 1. The molecule has 0 aliphatic carbocycles. The first kappa shape index (κ1) is 58.5. The lowest BCUT2D eigenvalue weighted by atomic mass is 10.1. The van der Waals surface area contributed by atoms with Crippen LogP contribution in [-0.4, -0.2) is 115 Å². The molecule has 3 unspecified atom stereocenters. The number of ether oxygens (including phenoxy) is 4. The minimum absolute atomic E-state index is 0.0396. The number of fused-ring (bicyclic) bond motifs is 8. The number of hydrogen-bond acceptors (Lipinski definition) is 16. The number of amides is 7. The molecule has 4 atom stereocenters. The van der Waals surface area contributed by atoms with Crippen LogP contribution in [0.25, 0.3) is 0 Å². The molecule has 0 saturated carbocycles. The van der Waals surface area contributed by atoms with Crippen LogP contribution in [0.4, 0.5) is 28.4 Å². The highest BCUT2D eigenvalue weighted by atomic mass is 33.1. The summed E-state index contributed by atoms with van der Waals surface area (Å²) in [5.74, 6) is -1.76. The Hall–Kier alpha value is -8.15. The third-order valence-corrected chi connectivity index (χ3v) is 18.4. The van der Waals surface area contributed by atoms with Crippen LogP contribution < -0.4 is 66.4 Å². The zero-order valence-corrected chi connectivity index (χ0v) is 47.8. The Morgan fingerprint density at radius 3 is 1.88 bits per heavy atom. The van der Waals surface area contributed by atoms with Crippen LogP contribution in [-0.2, 0) is 50.0 Å². The Labute approximate surface area is 482 Å². The summed E-state index contributed by atoms with van der Waals surface area (Å²) in [7, 11) is 6.21. The lowest BCUT2D eigenvalue weighted by Crippen LogP contribution is -2.45. The van der Waals surface area contributed by atoms with Crippen molar-refractivity contribution in [1.29, 1.82) is 0 Å². The highest BCUT2D eigenvalue weighted by Crippen LogP contribution is 2.45. The van der Waals surface area contributed by atoms with Gasteiger partial charge in [0.2, 0.25) is 29.5 Å². The first-order chi connectivity index (χ1) is 39.4. The van der Waals surface area contributed by atoms with Gasteiger partial charge in [0.25, 0.3) is 11.8 Å². The van der Waals surface area contributed by atoms with Crippen LogP contribution in [0.15, 0.2) is 91.0 Å². The molecule has 5 aromatic carbocycles. The second-order valence-electron chi connectivity index (χ2n) is 21.1. The van der Waals surface area contributed by atoms with Gasteiger partial charge in [-0.3, -0.25) is 33.6 Å². The molecule has 7 amide bonds. The number of para-hydroxylation sites is 2. The number of primary amides is 1. The molecule has 4 heterocycles. The maximum absolute atomic E-state index is 14.2. The Morgan fingerprint density at radius 2 is 1.26 bits per heavy atom. The topological polar surface area (TPSA) is 281 Å². The van der Waals surface area contributed by atoms with Gasteiger partial charge in [-0.05, 0) is 104 Å². The van der Waals surface area contributed by atoms with Crippen molar-refractivity contribution in [1.82, 2.24) is 16.0 Å². The van der Waals surface area contributed by atoms with Gasteiger partial charge in [-0.25, -0.2) is 0 Å². The van der Waals surface area contributed by atoms with Crippen molar-refractivity contribution in [3.63, 3.8) is 0 Å². The molecule has 0 saturated heterocycles. The van der Waals surface area contributed by atoms with E-state index in [0.717, 1.165) is 22.5 Å². The van der Waals surface area contributed by atoms with Crippen molar-refractivity contribution >= 4 is 91.4 Å². The third kappa shape index (κ3) is 13.9. The van der Waals surface area contributed by atoms with Crippen LogP contribution in [0.3, 0.4) is 0 Å². The fourth-order valence-corrected chi connectivity index (χ4v) is 12.8. The molecule has 82 heavy (non-hydrogen) atoms. The molecular weight excluding hydrogens is 1090 g/mol. The average molecular weight is 1160 g/mol. The van der Waals surface area contributed by atoms with Gasteiger partial charge in [0.1, 0.15) is 19.4 Å². The molecule has 0 bridgehead atoms. The molecular formula is C59H67N9O12S2. The largest absolute Gasteiger partial charge is 0.493 e. The first-order valence-corrected chi connectivity index (χ1v) is 29.1. The van der Waals surface area contributed by atoms with E-state index < -0.39 is 43.1 Å². The normalized spacial score (nSPS) is 16.9. The highest BCUT2D eigenvalue weighted by Gasteiger charge is 2.42. The summed E-state index contributed by atoms with van der Waals surface area (Å²) in [6.07, 6.45) is 1.76. The van der Waals surface area contributed by atoms with Crippen LogP contribution in [0, 0.1) is 0 Å². The summed E-state index contributed by atoms with van der Waals surface area (Å²) in [6, 6.07) is 26.6. The van der Waals surface area contributed by atoms with Crippen molar-refractivity contribution in [3.05, 3.63) is 124 Å². The van der Waals surface area contributed by atoms with Gasteiger partial charge in [-0.1, -0.05) is 64.9 Å². The Morgan fingerprint density at radius 1 is 0.707 bits per heavy atom. The molecule has 0 spiro atoms. The summed E-state index contributed by atoms with van der Waals surface area (Å²) < 4.78 is 24.1. The highest BCUT2D eigenvalue weighted by molar-refractivity contribution is 8.77. The summed E-state index contributed by atoms with van der Waals surface area (Å²) >= 11 is 0. The minimum Gasteiger partial charge on any atom is -0.493 e. The second-order valence-corrected chi connectivity index (χ2v) is 24.4. The van der Waals surface area contributed by atoms with Crippen LogP contribution >= 0.6 is 21.6 Å². The first-order valence-electron chi connectivity index (χ1n) is 26.9. The molecule has 432 valence electrons. The van der Waals surface area contributed by atoms with Crippen molar-refractivity contribution < 1.29 is 57.6 Å². The zero-order valence-electron chi connectivity index (χ0n) is 46.2. The Kier molecular flexibility index (Phi) is 18.4. The van der Waals surface area contributed by atoms with E-state index in [1.165, 1.54) is 14.2 Å². The van der Waals surface area contributed by atoms with Gasteiger partial charge in [0, 0.05) is 58.6 Å². The summed E-state index contributed by atoms with van der Waals surface area (Å²) in [4.78, 5) is 94.3. The Bertz CT molecular complexity index is 3290. The molecule has 9 rings (SSSR count). The SMILES string of the molecule is COc1cc2c(cc1OCc1cc(COc3cc4c(cc3OC)C(=O)N3c5ccccc5CC3[C@@H](O)N4)cc(NC(=O)CNC(=O)CNC(=O)CNC(=O)CCC(C)(C)SSC(C)CCC(N)=O)c1)NCC1Cc3ccccc3N1C2=O. The molecule has 5 aromatic rings. The fourth-order valence-electron chi connectivity index (χ4n) is 10.2. The monoisotopic (exact) mass is 1160 g/mol. The van der Waals surface area contributed by atoms with E-state index in [9.17, 15) is 38.7 Å². The number of anilines is 5. The van der Waals surface area contributed by atoms with Crippen LogP contribution in [0.5, 0.6) is 23.0 Å². The van der Waals surface area contributed by atoms with Gasteiger partial charge in [-0.15, -0.1) is 0 Å². The molecule has 23 heteroatoms. The number of nitrogens with two attached hydrogens (primary N) is 1. The molecule has 4 aliphatic heterocycles. The van der Waals surface area contributed by atoms with Gasteiger partial charge in [-0.2, -0.15) is 0 Å². The molecule has 0 aromatic heterocycles. The number of methoxy groups -OCH3 is 2. The number of benzene rings is 5. The quantitative estimate of drug-likeness (QED) is 0.0326. The van der Waals surface area contributed by atoms with Gasteiger partial charge in [0.15, 0.2) is 23.0 Å². The molecule has 0 fully saturated rings. The van der Waals surface area contributed by atoms with E-state index in [1.807, 2.05) is 80.3 Å². The van der Waals surface area contributed by atoms with Crippen molar-refractivity contribution in [2.45, 2.75) is 101 Å². The minimum atomic E-state index is -1.10. The van der Waals surface area contributed by atoms with Gasteiger partial charge < -0.3 is 71.5 Å². The fraction of sp³-hybridized carbons (Fsp3) is 0.373.